The number of carbonyl (C=O) groups excluding carboxylic acids is 1. The maximum atomic E-state index is 12.6. The Bertz CT molecular complexity index is 683. The van der Waals surface area contributed by atoms with Gasteiger partial charge in [-0.25, -0.2) is 0 Å². The van der Waals surface area contributed by atoms with Crippen LogP contribution in [0.2, 0.25) is 0 Å². The summed E-state index contributed by atoms with van der Waals surface area (Å²) in [5, 5.41) is 4.96. The highest BCUT2D eigenvalue weighted by Gasteiger charge is 2.32. The number of nitrogens with one attached hydrogen (secondary N) is 1. The molecule has 0 saturated carbocycles. The minimum atomic E-state index is -0.825. The summed E-state index contributed by atoms with van der Waals surface area (Å²) >= 11 is 0. The van der Waals surface area contributed by atoms with Crippen LogP contribution in [-0.4, -0.2) is 25.2 Å². The van der Waals surface area contributed by atoms with Gasteiger partial charge in [0, 0.05) is 23.6 Å². The van der Waals surface area contributed by atoms with E-state index in [4.69, 9.17) is 9.47 Å². The van der Waals surface area contributed by atoms with E-state index in [0.717, 1.165) is 28.6 Å². The Labute approximate surface area is 137 Å². The van der Waals surface area contributed by atoms with Crippen molar-refractivity contribution in [1.29, 1.82) is 0 Å². The molecule has 4 nitrogen and oxygen atoms in total. The van der Waals surface area contributed by atoms with Gasteiger partial charge < -0.3 is 14.8 Å². The average molecular weight is 315 g/mol. The molecule has 0 aromatic heterocycles. The third-order valence-electron chi connectivity index (χ3n) is 4.09. The van der Waals surface area contributed by atoms with Crippen LogP contribution in [-0.2, 0) is 9.53 Å². The molecule has 1 N–H and O–H groups in total. The van der Waals surface area contributed by atoms with Gasteiger partial charge in [0.05, 0.1) is 6.61 Å². The van der Waals surface area contributed by atoms with Gasteiger partial charge in [-0.05, 0) is 32.4 Å². The van der Waals surface area contributed by atoms with Gasteiger partial charge >= 0.3 is 0 Å². The van der Waals surface area contributed by atoms with E-state index in [0.29, 0.717) is 13.0 Å². The van der Waals surface area contributed by atoms with E-state index in [-0.39, 0.29) is 5.91 Å². The highest BCUT2D eigenvalue weighted by molar-refractivity contribution is 6.06. The molecule has 4 heteroatoms. The fraction of sp³-hybridized carbons (Fsp3) is 0.421. The number of carbonyl (C=O) groups is 1. The number of fused-ring (bicyclic) bond motifs is 1. The first kappa shape index (κ1) is 17.3. The third-order valence-corrected chi connectivity index (χ3v) is 4.09. The summed E-state index contributed by atoms with van der Waals surface area (Å²) in [4.78, 5) is 12.6. The van der Waals surface area contributed by atoms with Gasteiger partial charge in [-0.15, -0.1) is 0 Å². The lowest BCUT2D eigenvalue weighted by Gasteiger charge is -2.26. The van der Waals surface area contributed by atoms with Crippen LogP contribution in [0.4, 0.5) is 5.69 Å². The smallest absolute Gasteiger partial charge is 0.256 e. The minimum Gasteiger partial charge on any atom is -0.493 e. The van der Waals surface area contributed by atoms with Crippen molar-refractivity contribution in [3.63, 3.8) is 0 Å². The van der Waals surface area contributed by atoms with E-state index in [2.05, 4.69) is 5.32 Å². The molecule has 23 heavy (non-hydrogen) atoms. The number of rotatable bonds is 7. The topological polar surface area (TPSA) is 47.6 Å². The first-order chi connectivity index (χ1) is 11.1. The number of amides is 1. The lowest BCUT2D eigenvalue weighted by Crippen LogP contribution is -2.41. The highest BCUT2D eigenvalue weighted by Crippen LogP contribution is 2.32. The Hall–Kier alpha value is -2.07. The fourth-order valence-electron chi connectivity index (χ4n) is 2.70. The van der Waals surface area contributed by atoms with E-state index in [1.165, 1.54) is 0 Å². The third kappa shape index (κ3) is 3.64. The molecule has 0 fully saturated rings. The largest absolute Gasteiger partial charge is 0.493 e. The monoisotopic (exact) mass is 315 g/mol. The number of anilines is 1. The Kier molecular flexibility index (Phi) is 5.61. The molecule has 0 radical (unpaired) electrons. The summed E-state index contributed by atoms with van der Waals surface area (Å²) in [6.07, 6.45) is 1.55. The summed E-state index contributed by atoms with van der Waals surface area (Å²) in [6, 6.07) is 11.7. The molecule has 0 aliphatic heterocycles. The summed E-state index contributed by atoms with van der Waals surface area (Å²) in [5.74, 6) is 0.695. The van der Waals surface area contributed by atoms with Gasteiger partial charge in [0.1, 0.15) is 11.4 Å². The van der Waals surface area contributed by atoms with Crippen LogP contribution in [0.15, 0.2) is 36.4 Å². The summed E-state index contributed by atoms with van der Waals surface area (Å²) in [6.45, 7) is 6.42. The molecule has 2 aromatic carbocycles. The number of ether oxygens (including phenoxy) is 2. The Morgan fingerprint density at radius 3 is 2.43 bits per heavy atom. The van der Waals surface area contributed by atoms with E-state index < -0.39 is 5.60 Å². The molecular formula is C19H25NO3. The lowest BCUT2D eigenvalue weighted by molar-refractivity contribution is -0.136. The maximum Gasteiger partial charge on any atom is 0.256 e. The molecule has 1 amide bonds. The van der Waals surface area contributed by atoms with Crippen molar-refractivity contribution in [3.8, 4) is 5.75 Å². The predicted octanol–water partition coefficient (Wildman–Crippen LogP) is 4.38. The highest BCUT2D eigenvalue weighted by atomic mass is 16.5. The number of benzene rings is 2. The number of methoxy groups -OCH3 is 1. The molecule has 124 valence electrons. The molecule has 0 saturated heterocycles. The van der Waals surface area contributed by atoms with Crippen molar-refractivity contribution in [3.05, 3.63) is 36.4 Å². The van der Waals surface area contributed by atoms with E-state index >= 15 is 0 Å². The molecular weight excluding hydrogens is 290 g/mol. The number of hydrogen-bond acceptors (Lipinski definition) is 3. The minimum absolute atomic E-state index is 0.129. The molecule has 0 aliphatic carbocycles. The molecule has 0 heterocycles. The van der Waals surface area contributed by atoms with Crippen LogP contribution < -0.4 is 10.1 Å². The predicted molar refractivity (Wildman–Crippen MR) is 94.1 cm³/mol. The standard InChI is InChI=1S/C19H25NO3/c1-5-13-19(3,22-4)18(21)20-16-11-12-17(23-6-2)15-10-8-7-9-14(15)16/h7-12H,5-6,13H2,1-4H3,(H,20,21). The van der Waals surface area contributed by atoms with Gasteiger partial charge in [0.25, 0.3) is 5.91 Å². The SMILES string of the molecule is CCCC(C)(OC)C(=O)Nc1ccc(OCC)c2ccccc12. The van der Waals surface area contributed by atoms with Crippen LogP contribution in [0, 0.1) is 0 Å². The van der Waals surface area contributed by atoms with Crippen LogP contribution in [0.3, 0.4) is 0 Å². The second-order valence-corrected chi connectivity index (χ2v) is 5.73. The zero-order chi connectivity index (χ0) is 16.9. The molecule has 2 rings (SSSR count). The molecule has 0 spiro atoms. The van der Waals surface area contributed by atoms with Crippen molar-refractivity contribution in [2.45, 2.75) is 39.2 Å². The maximum absolute atomic E-state index is 12.6. The summed E-state index contributed by atoms with van der Waals surface area (Å²) < 4.78 is 11.1. The van der Waals surface area contributed by atoms with Crippen LogP contribution in [0.5, 0.6) is 5.75 Å². The lowest BCUT2D eigenvalue weighted by atomic mass is 9.98. The summed E-state index contributed by atoms with van der Waals surface area (Å²) in [7, 11) is 1.57. The van der Waals surface area contributed by atoms with Crippen molar-refractivity contribution in [2.75, 3.05) is 19.0 Å². The van der Waals surface area contributed by atoms with Crippen molar-refractivity contribution in [2.24, 2.45) is 0 Å². The van der Waals surface area contributed by atoms with E-state index in [1.807, 2.05) is 57.2 Å². The van der Waals surface area contributed by atoms with Crippen molar-refractivity contribution in [1.82, 2.24) is 0 Å². The average Bonchev–Trinajstić information content (AvgIpc) is 2.57. The molecule has 0 aliphatic rings. The van der Waals surface area contributed by atoms with Gasteiger partial charge in [-0.2, -0.15) is 0 Å². The Balaban J connectivity index is 2.37. The Morgan fingerprint density at radius 1 is 1.13 bits per heavy atom. The van der Waals surface area contributed by atoms with Crippen molar-refractivity contribution < 1.29 is 14.3 Å². The zero-order valence-corrected chi connectivity index (χ0v) is 14.3. The molecule has 0 bridgehead atoms. The first-order valence-electron chi connectivity index (χ1n) is 8.07. The second kappa shape index (κ2) is 7.47. The van der Waals surface area contributed by atoms with Crippen molar-refractivity contribution >= 4 is 22.4 Å². The molecule has 1 unspecified atom stereocenters. The van der Waals surface area contributed by atoms with Gasteiger partial charge in [0.2, 0.25) is 0 Å². The van der Waals surface area contributed by atoms with Gasteiger partial charge in [0.15, 0.2) is 0 Å². The molecule has 2 aromatic rings. The van der Waals surface area contributed by atoms with Crippen LogP contribution in [0.1, 0.15) is 33.6 Å². The second-order valence-electron chi connectivity index (χ2n) is 5.73. The number of hydrogen-bond donors (Lipinski definition) is 1. The van der Waals surface area contributed by atoms with Gasteiger partial charge in [-0.3, -0.25) is 4.79 Å². The van der Waals surface area contributed by atoms with E-state index in [1.54, 1.807) is 7.11 Å². The van der Waals surface area contributed by atoms with Crippen LogP contribution in [0.25, 0.3) is 10.8 Å². The zero-order valence-electron chi connectivity index (χ0n) is 14.3. The van der Waals surface area contributed by atoms with Crippen LogP contribution >= 0.6 is 0 Å². The van der Waals surface area contributed by atoms with E-state index in [9.17, 15) is 4.79 Å². The quantitative estimate of drug-likeness (QED) is 0.824. The van der Waals surface area contributed by atoms with Gasteiger partial charge in [-0.1, -0.05) is 37.6 Å². The normalized spacial score (nSPS) is 13.6. The fourth-order valence-corrected chi connectivity index (χ4v) is 2.70. The first-order valence-corrected chi connectivity index (χ1v) is 8.07. The summed E-state index contributed by atoms with van der Waals surface area (Å²) in [5.41, 5.74) is -0.0533. The Morgan fingerprint density at radius 2 is 1.83 bits per heavy atom. The molecule has 1 atom stereocenters.